The number of pyridine rings is 1. The second-order valence-electron chi connectivity index (χ2n) is 7.82. The maximum atomic E-state index is 13.6. The zero-order valence-corrected chi connectivity index (χ0v) is 19.1. The molecule has 8 heteroatoms. The summed E-state index contributed by atoms with van der Waals surface area (Å²) in [5, 5.41) is 3.29. The van der Waals surface area contributed by atoms with Gasteiger partial charge in [0.15, 0.2) is 0 Å². The second kappa shape index (κ2) is 8.63. The quantitative estimate of drug-likeness (QED) is 0.417. The Kier molecular flexibility index (Phi) is 5.86. The van der Waals surface area contributed by atoms with E-state index in [1.54, 1.807) is 13.0 Å². The Hall–Kier alpha value is -3.78. The average Bonchev–Trinajstić information content (AvgIpc) is 2.76. The second-order valence-corrected chi connectivity index (χ2v) is 9.51. The minimum Gasteiger partial charge on any atom is -0.322 e. The highest BCUT2D eigenvalue weighted by atomic mass is 32.2. The van der Waals surface area contributed by atoms with Crippen LogP contribution < -0.4 is 10.0 Å². The van der Waals surface area contributed by atoms with Crippen molar-refractivity contribution >= 4 is 38.2 Å². The van der Waals surface area contributed by atoms with Crippen molar-refractivity contribution < 1.29 is 17.6 Å². The van der Waals surface area contributed by atoms with Gasteiger partial charge in [0, 0.05) is 22.8 Å². The predicted octanol–water partition coefficient (Wildman–Crippen LogP) is 5.35. The molecule has 0 aliphatic heterocycles. The standard InChI is InChI=1S/C25H22FN3O3S/c1-15-5-4-6-16(2)24(15)29-33(31,32)20-10-8-19(9-11-20)28-25(30)22-13-17(3)27-23-14-18(26)7-12-21(22)23/h4-14,29H,1-3H3,(H,28,30). The molecule has 1 aromatic heterocycles. The zero-order valence-electron chi connectivity index (χ0n) is 18.3. The van der Waals surface area contributed by atoms with Crippen LogP contribution >= 0.6 is 0 Å². The van der Waals surface area contributed by atoms with E-state index in [9.17, 15) is 17.6 Å². The van der Waals surface area contributed by atoms with Crippen molar-refractivity contribution in [3.63, 3.8) is 0 Å². The summed E-state index contributed by atoms with van der Waals surface area (Å²) in [6.07, 6.45) is 0. The Labute approximate surface area is 191 Å². The smallest absolute Gasteiger partial charge is 0.261 e. The summed E-state index contributed by atoms with van der Waals surface area (Å²) in [6.45, 7) is 5.40. The molecule has 0 aliphatic rings. The lowest BCUT2D eigenvalue weighted by Crippen LogP contribution is -2.15. The summed E-state index contributed by atoms with van der Waals surface area (Å²) in [6, 6.07) is 17.1. The maximum Gasteiger partial charge on any atom is 0.261 e. The van der Waals surface area contributed by atoms with Gasteiger partial charge in [0.05, 0.1) is 21.7 Å². The number of aryl methyl sites for hydroxylation is 3. The molecule has 0 saturated heterocycles. The van der Waals surface area contributed by atoms with Gasteiger partial charge in [-0.3, -0.25) is 14.5 Å². The van der Waals surface area contributed by atoms with E-state index in [0.29, 0.717) is 33.5 Å². The van der Waals surface area contributed by atoms with Gasteiger partial charge in [-0.25, -0.2) is 12.8 Å². The molecule has 0 bridgehead atoms. The Morgan fingerprint density at radius 1 is 0.909 bits per heavy atom. The number of halogens is 1. The molecule has 3 aromatic carbocycles. The monoisotopic (exact) mass is 463 g/mol. The van der Waals surface area contributed by atoms with Crippen LogP contribution in [0.3, 0.4) is 0 Å². The van der Waals surface area contributed by atoms with Crippen LogP contribution in [-0.4, -0.2) is 19.3 Å². The topological polar surface area (TPSA) is 88.2 Å². The number of benzene rings is 3. The van der Waals surface area contributed by atoms with E-state index in [2.05, 4.69) is 15.0 Å². The third-order valence-corrected chi connectivity index (χ3v) is 6.65. The van der Waals surface area contributed by atoms with Crippen LogP contribution in [0.15, 0.2) is 71.6 Å². The molecule has 0 unspecified atom stereocenters. The van der Waals surface area contributed by atoms with E-state index < -0.39 is 21.7 Å². The third kappa shape index (κ3) is 4.70. The van der Waals surface area contributed by atoms with Crippen LogP contribution in [0.1, 0.15) is 27.2 Å². The lowest BCUT2D eigenvalue weighted by atomic mass is 10.1. The normalized spacial score (nSPS) is 11.4. The molecule has 0 fully saturated rings. The Morgan fingerprint density at radius 2 is 1.58 bits per heavy atom. The first-order valence-electron chi connectivity index (χ1n) is 10.2. The van der Waals surface area contributed by atoms with Gasteiger partial charge >= 0.3 is 0 Å². The molecule has 2 N–H and O–H groups in total. The summed E-state index contributed by atoms with van der Waals surface area (Å²) < 4.78 is 41.9. The highest BCUT2D eigenvalue weighted by molar-refractivity contribution is 7.92. The van der Waals surface area contributed by atoms with E-state index in [1.807, 2.05) is 32.0 Å². The van der Waals surface area contributed by atoms with E-state index in [4.69, 9.17) is 0 Å². The Morgan fingerprint density at radius 3 is 2.24 bits per heavy atom. The number of sulfonamides is 1. The van der Waals surface area contributed by atoms with E-state index in [-0.39, 0.29) is 4.90 Å². The number of amides is 1. The van der Waals surface area contributed by atoms with Gasteiger partial charge in [0.2, 0.25) is 0 Å². The molecule has 0 saturated carbocycles. The van der Waals surface area contributed by atoms with Gasteiger partial charge in [0.25, 0.3) is 15.9 Å². The van der Waals surface area contributed by atoms with Crippen LogP contribution in [-0.2, 0) is 10.0 Å². The molecular weight excluding hydrogens is 441 g/mol. The van der Waals surface area contributed by atoms with Gasteiger partial charge in [-0.15, -0.1) is 0 Å². The third-order valence-electron chi connectivity index (χ3n) is 5.28. The van der Waals surface area contributed by atoms with Crippen LogP contribution in [0.5, 0.6) is 0 Å². The minimum atomic E-state index is -3.80. The first-order chi connectivity index (χ1) is 15.6. The zero-order chi connectivity index (χ0) is 23.8. The predicted molar refractivity (Wildman–Crippen MR) is 128 cm³/mol. The number of rotatable bonds is 5. The number of nitrogens with one attached hydrogen (secondary N) is 2. The van der Waals surface area contributed by atoms with Crippen molar-refractivity contribution in [1.29, 1.82) is 0 Å². The lowest BCUT2D eigenvalue weighted by molar-refractivity contribution is 0.102. The number of carbonyl (C=O) groups is 1. The van der Waals surface area contributed by atoms with Crippen molar-refractivity contribution in [2.75, 3.05) is 10.0 Å². The largest absolute Gasteiger partial charge is 0.322 e. The molecule has 1 heterocycles. The summed E-state index contributed by atoms with van der Waals surface area (Å²) in [7, 11) is -3.80. The SMILES string of the molecule is Cc1cc(C(=O)Nc2ccc(S(=O)(=O)Nc3c(C)cccc3C)cc2)c2ccc(F)cc2n1. The first-order valence-corrected chi connectivity index (χ1v) is 11.7. The molecule has 4 rings (SSSR count). The average molecular weight is 464 g/mol. The maximum absolute atomic E-state index is 13.6. The molecule has 0 aliphatic carbocycles. The molecule has 0 atom stereocenters. The Balaban J connectivity index is 1.57. The van der Waals surface area contributed by atoms with Crippen molar-refractivity contribution in [1.82, 2.24) is 4.98 Å². The fourth-order valence-electron chi connectivity index (χ4n) is 3.61. The first kappa shape index (κ1) is 22.4. The van der Waals surface area contributed by atoms with E-state index >= 15 is 0 Å². The van der Waals surface area contributed by atoms with Crippen LogP contribution in [0.4, 0.5) is 15.8 Å². The van der Waals surface area contributed by atoms with E-state index in [1.165, 1.54) is 42.5 Å². The summed E-state index contributed by atoms with van der Waals surface area (Å²) in [5.41, 5.74) is 3.94. The highest BCUT2D eigenvalue weighted by Crippen LogP contribution is 2.25. The molecule has 33 heavy (non-hydrogen) atoms. The number of hydrogen-bond donors (Lipinski definition) is 2. The fourth-order valence-corrected chi connectivity index (χ4v) is 4.81. The number of anilines is 2. The molecule has 0 spiro atoms. The number of hydrogen-bond acceptors (Lipinski definition) is 4. The number of aromatic nitrogens is 1. The van der Waals surface area contributed by atoms with E-state index in [0.717, 1.165) is 11.1 Å². The van der Waals surface area contributed by atoms with Gasteiger partial charge in [-0.2, -0.15) is 0 Å². The lowest BCUT2D eigenvalue weighted by Gasteiger charge is -2.14. The highest BCUT2D eigenvalue weighted by Gasteiger charge is 2.17. The van der Waals surface area contributed by atoms with Crippen molar-refractivity contribution in [3.05, 3.63) is 94.9 Å². The molecule has 6 nitrogen and oxygen atoms in total. The van der Waals surface area contributed by atoms with Crippen molar-refractivity contribution in [3.8, 4) is 0 Å². The fraction of sp³-hybridized carbons (Fsp3) is 0.120. The molecule has 168 valence electrons. The molecule has 0 radical (unpaired) electrons. The van der Waals surface area contributed by atoms with Crippen molar-refractivity contribution in [2.24, 2.45) is 0 Å². The number of nitrogens with zero attached hydrogens (tertiary/aromatic N) is 1. The summed E-state index contributed by atoms with van der Waals surface area (Å²) in [4.78, 5) is 17.3. The number of fused-ring (bicyclic) bond motifs is 1. The number of carbonyl (C=O) groups excluding carboxylic acids is 1. The van der Waals surface area contributed by atoms with Crippen LogP contribution in [0.25, 0.3) is 10.9 Å². The van der Waals surface area contributed by atoms with Gasteiger partial charge in [-0.05, 0) is 74.4 Å². The summed E-state index contributed by atoms with van der Waals surface area (Å²) in [5.74, 6) is -0.834. The number of para-hydroxylation sites is 1. The molecular formula is C25H22FN3O3S. The minimum absolute atomic E-state index is 0.0730. The van der Waals surface area contributed by atoms with Crippen molar-refractivity contribution in [2.45, 2.75) is 25.7 Å². The van der Waals surface area contributed by atoms with Gasteiger partial charge < -0.3 is 5.32 Å². The Bertz CT molecular complexity index is 1460. The van der Waals surface area contributed by atoms with Crippen LogP contribution in [0, 0.1) is 26.6 Å². The summed E-state index contributed by atoms with van der Waals surface area (Å²) >= 11 is 0. The molecule has 4 aromatic rings. The van der Waals surface area contributed by atoms with Gasteiger partial charge in [-0.1, -0.05) is 18.2 Å². The van der Waals surface area contributed by atoms with Gasteiger partial charge in [0.1, 0.15) is 5.82 Å². The van der Waals surface area contributed by atoms with Crippen LogP contribution in [0.2, 0.25) is 0 Å². The molecule has 1 amide bonds.